The van der Waals surface area contributed by atoms with E-state index in [9.17, 15) is 19.5 Å². The summed E-state index contributed by atoms with van der Waals surface area (Å²) in [5, 5.41) is 16.4. The van der Waals surface area contributed by atoms with Crippen molar-refractivity contribution in [2.24, 2.45) is 22.7 Å². The average Bonchev–Trinajstić information content (AvgIpc) is 2.89. The first kappa shape index (κ1) is 36.3. The van der Waals surface area contributed by atoms with Gasteiger partial charge in [0.25, 0.3) is 0 Å². The molecule has 244 valence electrons. The predicted octanol–water partition coefficient (Wildman–Crippen LogP) is 6.35. The molecule has 9 nitrogen and oxygen atoms in total. The molecule has 0 spiro atoms. The van der Waals surface area contributed by atoms with Gasteiger partial charge in [0.1, 0.15) is 6.10 Å². The fraction of sp³-hybridized carbons (Fsp3) is 0.909. The Labute approximate surface area is 255 Å². The van der Waals surface area contributed by atoms with E-state index >= 15 is 0 Å². The van der Waals surface area contributed by atoms with Crippen molar-refractivity contribution >= 4 is 17.9 Å². The summed E-state index contributed by atoms with van der Waals surface area (Å²) in [5.41, 5.74) is -0.599. The standard InChI is InChI=1S/C33H61N3O6/c1-9-10-11-12-13-14-17-20-36(22-31(2,3)4)30(40)35-26-19-16-15-18-24(26)25(29(38)39)21-34-28(37)27-32(5,6)23-41-33(7,8)42-27/h24-27H,9-23H2,1-8H3,(H,34,37)(H,35,40)(H,38,39). The fourth-order valence-electron chi connectivity index (χ4n) is 6.20. The molecule has 2 rings (SSSR count). The zero-order valence-electron chi connectivity index (χ0n) is 27.9. The maximum absolute atomic E-state index is 13.6. The normalized spacial score (nSPS) is 24.4. The third-order valence-electron chi connectivity index (χ3n) is 8.58. The largest absolute Gasteiger partial charge is 0.481 e. The monoisotopic (exact) mass is 595 g/mol. The second-order valence-corrected chi connectivity index (χ2v) is 15.0. The maximum atomic E-state index is 13.6. The lowest BCUT2D eigenvalue weighted by Gasteiger charge is -2.45. The van der Waals surface area contributed by atoms with Gasteiger partial charge in [0.2, 0.25) is 5.91 Å². The molecule has 1 heterocycles. The van der Waals surface area contributed by atoms with Gasteiger partial charge in [-0.15, -0.1) is 0 Å². The first-order chi connectivity index (χ1) is 19.6. The minimum absolute atomic E-state index is 0.00777. The van der Waals surface area contributed by atoms with E-state index in [2.05, 4.69) is 38.3 Å². The fourth-order valence-corrected chi connectivity index (χ4v) is 6.20. The van der Waals surface area contributed by atoms with Gasteiger partial charge in [-0.3, -0.25) is 9.59 Å². The quantitative estimate of drug-likeness (QED) is 0.190. The van der Waals surface area contributed by atoms with Gasteiger partial charge in [-0.05, 0) is 44.4 Å². The number of amides is 3. The van der Waals surface area contributed by atoms with Gasteiger partial charge < -0.3 is 30.1 Å². The lowest BCUT2D eigenvalue weighted by molar-refractivity contribution is -0.304. The van der Waals surface area contributed by atoms with Crippen LogP contribution in [0.1, 0.15) is 126 Å². The van der Waals surface area contributed by atoms with Crippen molar-refractivity contribution in [2.75, 3.05) is 26.2 Å². The Morgan fingerprint density at radius 1 is 0.976 bits per heavy atom. The van der Waals surface area contributed by atoms with Gasteiger partial charge in [-0.1, -0.05) is 92.9 Å². The molecule has 1 saturated heterocycles. The van der Waals surface area contributed by atoms with Crippen LogP contribution < -0.4 is 10.6 Å². The highest BCUT2D eigenvalue weighted by molar-refractivity contribution is 5.82. The molecule has 0 aromatic rings. The van der Waals surface area contributed by atoms with Crippen LogP contribution in [0.4, 0.5) is 4.79 Å². The van der Waals surface area contributed by atoms with Crippen molar-refractivity contribution in [3.05, 3.63) is 0 Å². The summed E-state index contributed by atoms with van der Waals surface area (Å²) in [7, 11) is 0. The number of carbonyl (C=O) groups is 3. The first-order valence-electron chi connectivity index (χ1n) is 16.4. The Balaban J connectivity index is 2.05. The Morgan fingerprint density at radius 2 is 1.60 bits per heavy atom. The Morgan fingerprint density at radius 3 is 2.21 bits per heavy atom. The molecule has 4 unspecified atom stereocenters. The molecule has 1 aliphatic carbocycles. The van der Waals surface area contributed by atoms with Crippen LogP contribution in [0.15, 0.2) is 0 Å². The molecule has 3 amide bonds. The van der Waals surface area contributed by atoms with Crippen LogP contribution in [0.2, 0.25) is 0 Å². The summed E-state index contributed by atoms with van der Waals surface area (Å²) in [4.78, 5) is 41.3. The lowest BCUT2D eigenvalue weighted by atomic mass is 9.76. The zero-order valence-corrected chi connectivity index (χ0v) is 27.9. The molecule has 9 heteroatoms. The van der Waals surface area contributed by atoms with Crippen molar-refractivity contribution in [3.8, 4) is 0 Å². The number of carboxylic acids is 1. The number of hydrogen-bond donors (Lipinski definition) is 3. The molecule has 2 fully saturated rings. The highest BCUT2D eigenvalue weighted by Gasteiger charge is 2.46. The molecular formula is C33H61N3O6. The third-order valence-corrected chi connectivity index (χ3v) is 8.58. The number of nitrogens with one attached hydrogen (secondary N) is 2. The number of carboxylic acid groups (broad SMARTS) is 1. The summed E-state index contributed by atoms with van der Waals surface area (Å²) in [6.45, 7) is 17.7. The van der Waals surface area contributed by atoms with Crippen molar-refractivity contribution in [2.45, 2.75) is 144 Å². The Bertz CT molecular complexity index is 868. The van der Waals surface area contributed by atoms with E-state index in [0.29, 0.717) is 26.1 Å². The van der Waals surface area contributed by atoms with Crippen LogP contribution >= 0.6 is 0 Å². The van der Waals surface area contributed by atoms with Crippen LogP contribution in [0.25, 0.3) is 0 Å². The lowest BCUT2D eigenvalue weighted by Crippen LogP contribution is -2.58. The van der Waals surface area contributed by atoms with E-state index in [4.69, 9.17) is 9.47 Å². The van der Waals surface area contributed by atoms with E-state index in [1.807, 2.05) is 18.7 Å². The second-order valence-electron chi connectivity index (χ2n) is 15.0. The number of hydrogen-bond acceptors (Lipinski definition) is 5. The Kier molecular flexibility index (Phi) is 14.1. The van der Waals surface area contributed by atoms with Crippen LogP contribution in [0, 0.1) is 22.7 Å². The van der Waals surface area contributed by atoms with Gasteiger partial charge in [-0.25, -0.2) is 4.79 Å². The SMILES string of the molecule is CCCCCCCCCN(CC(C)(C)C)C(=O)NC1CCCCC1C(CNC(=O)C1OC(C)(C)OCC1(C)C)C(=O)O. The molecule has 0 bridgehead atoms. The van der Waals surface area contributed by atoms with Crippen molar-refractivity contribution in [3.63, 3.8) is 0 Å². The zero-order chi connectivity index (χ0) is 31.6. The first-order valence-corrected chi connectivity index (χ1v) is 16.4. The van der Waals surface area contributed by atoms with Gasteiger partial charge in [0.15, 0.2) is 5.79 Å². The Hall–Kier alpha value is -1.87. The maximum Gasteiger partial charge on any atom is 0.317 e. The van der Waals surface area contributed by atoms with E-state index in [1.165, 1.54) is 32.1 Å². The molecule has 4 atom stereocenters. The molecule has 2 aliphatic rings. The second kappa shape index (κ2) is 16.3. The van der Waals surface area contributed by atoms with Gasteiger partial charge in [-0.2, -0.15) is 0 Å². The van der Waals surface area contributed by atoms with Crippen molar-refractivity contribution in [1.82, 2.24) is 15.5 Å². The van der Waals surface area contributed by atoms with Crippen LogP contribution in [-0.4, -0.2) is 72.1 Å². The van der Waals surface area contributed by atoms with Crippen LogP contribution in [0.5, 0.6) is 0 Å². The molecule has 0 aromatic heterocycles. The smallest absolute Gasteiger partial charge is 0.317 e. The molecule has 0 radical (unpaired) electrons. The molecule has 0 aromatic carbocycles. The molecule has 1 aliphatic heterocycles. The number of ether oxygens (including phenoxy) is 2. The van der Waals surface area contributed by atoms with Gasteiger partial charge >= 0.3 is 12.0 Å². The molecule has 42 heavy (non-hydrogen) atoms. The summed E-state index contributed by atoms with van der Waals surface area (Å²) in [6.07, 6.45) is 10.8. The third kappa shape index (κ3) is 12.0. The molecular weight excluding hydrogens is 534 g/mol. The van der Waals surface area contributed by atoms with E-state index < -0.39 is 29.2 Å². The van der Waals surface area contributed by atoms with Gasteiger partial charge in [0.05, 0.1) is 12.5 Å². The summed E-state index contributed by atoms with van der Waals surface area (Å²) in [6, 6.07) is -0.365. The van der Waals surface area contributed by atoms with E-state index in [0.717, 1.165) is 32.1 Å². The summed E-state index contributed by atoms with van der Waals surface area (Å²) >= 11 is 0. The predicted molar refractivity (Wildman–Crippen MR) is 166 cm³/mol. The highest BCUT2D eigenvalue weighted by Crippen LogP contribution is 2.35. The number of carbonyl (C=O) groups excluding carboxylic acids is 2. The van der Waals surface area contributed by atoms with Gasteiger partial charge in [0, 0.05) is 31.1 Å². The minimum Gasteiger partial charge on any atom is -0.481 e. The number of rotatable bonds is 15. The minimum atomic E-state index is -0.955. The van der Waals surface area contributed by atoms with E-state index in [1.54, 1.807) is 13.8 Å². The summed E-state index contributed by atoms with van der Waals surface area (Å²) in [5.74, 6) is -3.25. The average molecular weight is 596 g/mol. The highest BCUT2D eigenvalue weighted by atomic mass is 16.7. The van der Waals surface area contributed by atoms with Crippen molar-refractivity contribution in [1.29, 1.82) is 0 Å². The number of aliphatic carboxylic acids is 1. The topological polar surface area (TPSA) is 117 Å². The number of nitrogens with zero attached hydrogens (tertiary/aromatic N) is 1. The number of urea groups is 1. The van der Waals surface area contributed by atoms with Crippen molar-refractivity contribution < 1.29 is 29.0 Å². The summed E-state index contributed by atoms with van der Waals surface area (Å²) < 4.78 is 11.7. The van der Waals surface area contributed by atoms with E-state index in [-0.39, 0.29) is 35.9 Å². The number of unbranched alkanes of at least 4 members (excludes halogenated alkanes) is 6. The van der Waals surface area contributed by atoms with Crippen LogP contribution in [-0.2, 0) is 19.1 Å². The molecule has 3 N–H and O–H groups in total. The van der Waals surface area contributed by atoms with Crippen LogP contribution in [0.3, 0.4) is 0 Å². The molecule has 1 saturated carbocycles.